The zero-order chi connectivity index (χ0) is 42.3. The van der Waals surface area contributed by atoms with Crippen LogP contribution in [0.25, 0.3) is 61.5 Å². The monoisotopic (exact) mass is 963 g/mol. The van der Waals surface area contributed by atoms with E-state index in [-0.39, 0.29) is 56.6 Å². The number of hydrogen-bond donors (Lipinski definition) is 0. The van der Waals surface area contributed by atoms with Crippen molar-refractivity contribution >= 4 is 22.6 Å². The van der Waals surface area contributed by atoms with Crippen molar-refractivity contribution < 1.29 is 53.5 Å². The van der Waals surface area contributed by atoms with Gasteiger partial charge in [0.05, 0.1) is 40.6 Å². The van der Waals surface area contributed by atoms with Gasteiger partial charge in [-0.3, -0.25) is 29.7 Å². The predicted molar refractivity (Wildman–Crippen MR) is 240 cm³/mol. The van der Waals surface area contributed by atoms with Gasteiger partial charge in [-0.05, 0) is 105 Å². The Bertz CT molecular complexity index is 2590. The maximum atomic E-state index is 13.5. The Morgan fingerprint density at radius 2 is 1.24 bits per heavy atom. The number of nitriles is 1. The van der Waals surface area contributed by atoms with Gasteiger partial charge in [-0.15, -0.1) is 12.2 Å². The molecule has 0 N–H and O–H groups in total. The van der Waals surface area contributed by atoms with E-state index in [4.69, 9.17) is 9.68 Å². The minimum atomic E-state index is -0.119. The molecule has 0 bridgehead atoms. The van der Waals surface area contributed by atoms with Crippen molar-refractivity contribution in [2.75, 3.05) is 26.7 Å². The number of pyridine rings is 4. The first-order valence-corrected chi connectivity index (χ1v) is 19.9. The molecule has 8 rings (SSSR count). The molecule has 0 unspecified atom stereocenters. The summed E-state index contributed by atoms with van der Waals surface area (Å²) in [5, 5.41) is 15.4. The summed E-state index contributed by atoms with van der Waals surface area (Å²) in [6.07, 6.45) is 7.36. The molecule has 1 radical (unpaired) electrons. The quantitative estimate of drug-likeness (QED) is 0.146. The number of fused-ring (bicyclic) bond motifs is 2. The summed E-state index contributed by atoms with van der Waals surface area (Å²) >= 11 is 0. The van der Waals surface area contributed by atoms with Crippen LogP contribution in [0.2, 0.25) is 0 Å². The van der Waals surface area contributed by atoms with Crippen LogP contribution in [0.1, 0.15) is 41.8 Å². The van der Waals surface area contributed by atoms with E-state index in [9.17, 15) is 4.79 Å². The van der Waals surface area contributed by atoms with Crippen molar-refractivity contribution in [3.05, 3.63) is 173 Å². The van der Waals surface area contributed by atoms with E-state index in [1.165, 1.54) is 0 Å². The van der Waals surface area contributed by atoms with Crippen LogP contribution in [0.15, 0.2) is 156 Å². The molecule has 10 nitrogen and oxygen atoms in total. The van der Waals surface area contributed by atoms with Gasteiger partial charge in [0.15, 0.2) is 0 Å². The normalized spacial score (nSPS) is 10.3. The SMILES string of the molecule is CCN=c1cc2oc3cc([N-]CC)c(C)cc3c(-c3ccccc3C(=O)N(C)CCC#N)c-2cc1C.[Cl-].[Cl-].[Ru+3].c1ccc(-c2ccccn2)nc1.c1ccc(-c2ccccn2)nc1. The van der Waals surface area contributed by atoms with E-state index < -0.39 is 0 Å². The molecule has 5 heterocycles. The molecule has 2 aromatic carbocycles. The average molecular weight is 964 g/mol. The molecule has 1 amide bonds. The third kappa shape index (κ3) is 13.1. The molecule has 0 atom stereocenters. The molecule has 1 aliphatic carbocycles. The van der Waals surface area contributed by atoms with Gasteiger partial charge in [0.2, 0.25) is 0 Å². The molecule has 6 aromatic rings. The van der Waals surface area contributed by atoms with Gasteiger partial charge in [0.1, 0.15) is 11.3 Å². The number of carbonyl (C=O) groups excluding carboxylic acids is 1. The topological polar surface area (TPSA) is 135 Å². The van der Waals surface area contributed by atoms with Gasteiger partial charge in [-0.25, -0.2) is 0 Å². The third-order valence-electron chi connectivity index (χ3n) is 9.53. The summed E-state index contributed by atoms with van der Waals surface area (Å²) in [4.78, 5) is 36.5. The first-order valence-electron chi connectivity index (χ1n) is 19.9. The molecule has 2 aliphatic rings. The summed E-state index contributed by atoms with van der Waals surface area (Å²) in [7, 11) is 1.73. The fraction of sp³-hybridized carbons (Fsp3) is 0.180. The third-order valence-corrected chi connectivity index (χ3v) is 9.53. The smallest absolute Gasteiger partial charge is 1.00 e. The molecule has 63 heavy (non-hydrogen) atoms. The number of hydrogen-bond acceptors (Lipinski definition) is 8. The Hall–Kier alpha value is -6.31. The van der Waals surface area contributed by atoms with Crippen molar-refractivity contribution in [3.8, 4) is 51.3 Å². The van der Waals surface area contributed by atoms with Crippen LogP contribution in [0, 0.1) is 25.2 Å². The number of aromatic nitrogens is 4. The molecule has 4 aromatic heterocycles. The van der Waals surface area contributed by atoms with Gasteiger partial charge in [0, 0.05) is 73.1 Å². The van der Waals surface area contributed by atoms with Crippen molar-refractivity contribution in [2.45, 2.75) is 34.1 Å². The number of amides is 1. The summed E-state index contributed by atoms with van der Waals surface area (Å²) in [5.41, 5.74) is 10.6. The van der Waals surface area contributed by atoms with Crippen molar-refractivity contribution in [2.24, 2.45) is 4.99 Å². The fourth-order valence-electron chi connectivity index (χ4n) is 6.62. The Labute approximate surface area is 394 Å². The van der Waals surface area contributed by atoms with Crippen LogP contribution in [0.5, 0.6) is 0 Å². The Balaban J connectivity index is 0.000000318. The molecule has 13 heteroatoms. The maximum absolute atomic E-state index is 13.5. The van der Waals surface area contributed by atoms with Crippen molar-refractivity contribution in [1.29, 1.82) is 5.26 Å². The largest absolute Gasteiger partial charge is 3.00 e. The summed E-state index contributed by atoms with van der Waals surface area (Å²) in [5.74, 6) is 0.591. The van der Waals surface area contributed by atoms with Crippen LogP contribution in [-0.2, 0) is 19.5 Å². The van der Waals surface area contributed by atoms with Crippen LogP contribution >= 0.6 is 0 Å². The van der Waals surface area contributed by atoms with Gasteiger partial charge in [0.25, 0.3) is 5.91 Å². The minimum absolute atomic E-state index is 0. The zero-order valence-electron chi connectivity index (χ0n) is 35.7. The molecule has 0 saturated heterocycles. The van der Waals surface area contributed by atoms with Crippen LogP contribution in [-0.4, -0.2) is 57.4 Å². The number of carbonyl (C=O) groups is 1. The van der Waals surface area contributed by atoms with E-state index in [2.05, 4.69) is 48.4 Å². The number of rotatable bonds is 9. The average Bonchev–Trinajstić information content (AvgIpc) is 3.30. The Kier molecular flexibility index (Phi) is 20.7. The van der Waals surface area contributed by atoms with Gasteiger partial charge >= 0.3 is 19.5 Å². The minimum Gasteiger partial charge on any atom is -1.00 e. The van der Waals surface area contributed by atoms with Crippen LogP contribution in [0.4, 0.5) is 5.69 Å². The second-order valence-corrected chi connectivity index (χ2v) is 13.7. The first kappa shape index (κ1) is 51.0. The molecule has 1 aliphatic heterocycles. The van der Waals surface area contributed by atoms with Crippen molar-refractivity contribution in [1.82, 2.24) is 24.8 Å². The summed E-state index contributed by atoms with van der Waals surface area (Å²) in [6, 6.07) is 41.1. The Morgan fingerprint density at radius 3 is 1.71 bits per heavy atom. The summed E-state index contributed by atoms with van der Waals surface area (Å²) < 4.78 is 6.44. The zero-order valence-corrected chi connectivity index (χ0v) is 38.9. The fourth-order valence-corrected chi connectivity index (χ4v) is 6.62. The predicted octanol–water partition coefficient (Wildman–Crippen LogP) is 5.05. The number of benzene rings is 3. The van der Waals surface area contributed by atoms with E-state index >= 15 is 0 Å². The maximum Gasteiger partial charge on any atom is 3.00 e. The van der Waals surface area contributed by atoms with Crippen LogP contribution < -0.4 is 30.2 Å². The molecule has 0 saturated carbocycles. The van der Waals surface area contributed by atoms with Gasteiger partial charge in [-0.2, -0.15) is 5.26 Å². The first-order chi connectivity index (χ1) is 29.3. The Morgan fingerprint density at radius 1 is 0.714 bits per heavy atom. The van der Waals surface area contributed by atoms with E-state index in [0.717, 1.165) is 67.0 Å². The number of nitrogens with zero attached hydrogens (tertiary/aromatic N) is 8. The van der Waals surface area contributed by atoms with E-state index in [0.29, 0.717) is 36.5 Å². The van der Waals surface area contributed by atoms with Gasteiger partial charge in [-0.1, -0.05) is 55.0 Å². The van der Waals surface area contributed by atoms with E-state index in [1.54, 1.807) is 36.7 Å². The van der Waals surface area contributed by atoms with Crippen molar-refractivity contribution in [3.63, 3.8) is 0 Å². The standard InChI is InChI=1S/C30H31N4O2.2C10H8N2.2ClH.Ru/c1-6-32-25-17-27-23(15-19(25)3)29(24-16-20(4)26(33-7-2)18-28(24)36-27)21-11-8-9-12-22(21)30(35)34(5)14-10-13-31;2*1-3-7-11-9(5-1)10-6-2-4-8-12-10;;;/h8-9,11-12,15-18H,6-7,10,14H2,1-5H3;2*1-8H;2*1H;/q-1;;;;;+3/p-2. The second-order valence-electron chi connectivity index (χ2n) is 13.7. The second kappa shape index (κ2) is 25.6. The molecular weight excluding hydrogens is 917 g/mol. The van der Waals surface area contributed by atoms with Crippen LogP contribution in [0.3, 0.4) is 0 Å². The molecule has 0 fully saturated rings. The molecular formula is C50H47Cl2N8O2Ru. The molecule has 321 valence electrons. The number of halogens is 2. The summed E-state index contributed by atoms with van der Waals surface area (Å²) in [6.45, 7) is 9.84. The van der Waals surface area contributed by atoms with Gasteiger partial charge < -0.3 is 39.4 Å². The van der Waals surface area contributed by atoms with E-state index in [1.807, 2.05) is 137 Å². The molecule has 0 spiro atoms. The number of aryl methyl sites for hydroxylation is 2.